The van der Waals surface area contributed by atoms with Gasteiger partial charge in [-0.2, -0.15) is 0 Å². The summed E-state index contributed by atoms with van der Waals surface area (Å²) in [4.78, 5) is 23.0. The van der Waals surface area contributed by atoms with Crippen LogP contribution in [0.3, 0.4) is 0 Å². The lowest BCUT2D eigenvalue weighted by Crippen LogP contribution is -2.10. The average Bonchev–Trinajstić information content (AvgIpc) is 3.37. The van der Waals surface area contributed by atoms with Gasteiger partial charge < -0.3 is 9.47 Å². The van der Waals surface area contributed by atoms with E-state index in [1.807, 2.05) is 0 Å². The van der Waals surface area contributed by atoms with Crippen LogP contribution in [0.15, 0.2) is 48.5 Å². The number of ether oxygens (including phenoxy) is 2. The van der Waals surface area contributed by atoms with Crippen molar-refractivity contribution in [1.82, 2.24) is 0 Å². The number of hydrogen-bond acceptors (Lipinski definition) is 5. The van der Waals surface area contributed by atoms with E-state index in [4.69, 9.17) is 9.47 Å². The molecule has 0 radical (unpaired) electrons. The van der Waals surface area contributed by atoms with Crippen LogP contribution >= 0.6 is 0 Å². The number of hydrogen-bond donors (Lipinski definition) is 0. The second-order valence-corrected chi connectivity index (χ2v) is 4.90. The quantitative estimate of drug-likeness (QED) is 0.354. The first-order chi connectivity index (χ1) is 10.6. The maximum atomic E-state index is 12.6. The number of rotatable bonds is 6. The molecule has 1 heterocycles. The second kappa shape index (κ2) is 5.95. The van der Waals surface area contributed by atoms with E-state index in [0.29, 0.717) is 24.5 Å². The van der Waals surface area contributed by atoms with Crippen molar-refractivity contribution in [2.75, 3.05) is 13.2 Å². The summed E-state index contributed by atoms with van der Waals surface area (Å²) >= 11 is 0. The maximum absolute atomic E-state index is 12.6. The molecule has 1 atom stereocenters. The molecule has 1 aliphatic heterocycles. The van der Waals surface area contributed by atoms with Gasteiger partial charge in [-0.3, -0.25) is 14.9 Å². The standard InChI is InChI=1S/C16H13NO5/c18-16(11-4-2-1-3-5-11)14-8-12(17(19)20)6-7-15(14)22-10-13-9-21-13/h1-8,13H,9-10H2. The molecule has 1 saturated heterocycles. The first-order valence-electron chi connectivity index (χ1n) is 6.78. The van der Waals surface area contributed by atoms with Crippen LogP contribution in [0.5, 0.6) is 5.75 Å². The van der Waals surface area contributed by atoms with E-state index >= 15 is 0 Å². The molecule has 0 aromatic heterocycles. The Labute approximate surface area is 126 Å². The van der Waals surface area contributed by atoms with Gasteiger partial charge in [0.05, 0.1) is 17.1 Å². The second-order valence-electron chi connectivity index (χ2n) is 4.90. The molecule has 0 spiro atoms. The summed E-state index contributed by atoms with van der Waals surface area (Å²) in [5.74, 6) is 0.0194. The molecular weight excluding hydrogens is 286 g/mol. The van der Waals surface area contributed by atoms with Crippen LogP contribution in [0.25, 0.3) is 0 Å². The third-order valence-electron chi connectivity index (χ3n) is 3.28. The number of carbonyl (C=O) groups is 1. The molecule has 6 heteroatoms. The lowest BCUT2D eigenvalue weighted by atomic mass is 10.0. The Balaban J connectivity index is 1.95. The molecular formula is C16H13NO5. The summed E-state index contributed by atoms with van der Waals surface area (Å²) in [7, 11) is 0. The van der Waals surface area contributed by atoms with E-state index in [1.165, 1.54) is 18.2 Å². The fourth-order valence-electron chi connectivity index (χ4n) is 2.03. The minimum Gasteiger partial charge on any atom is -0.490 e. The van der Waals surface area contributed by atoms with E-state index in [-0.39, 0.29) is 23.1 Å². The van der Waals surface area contributed by atoms with Gasteiger partial charge in [-0.15, -0.1) is 0 Å². The Morgan fingerprint density at radius 1 is 1.27 bits per heavy atom. The molecule has 0 amide bonds. The van der Waals surface area contributed by atoms with Crippen LogP contribution in [0.1, 0.15) is 15.9 Å². The summed E-state index contributed by atoms with van der Waals surface area (Å²) in [5.41, 5.74) is 0.492. The lowest BCUT2D eigenvalue weighted by Gasteiger charge is -2.10. The van der Waals surface area contributed by atoms with E-state index < -0.39 is 4.92 Å². The summed E-state index contributed by atoms with van der Waals surface area (Å²) in [5, 5.41) is 10.9. The summed E-state index contributed by atoms with van der Waals surface area (Å²) < 4.78 is 10.6. The molecule has 2 aromatic carbocycles. The Bertz CT molecular complexity index is 710. The smallest absolute Gasteiger partial charge is 0.270 e. The van der Waals surface area contributed by atoms with E-state index in [1.54, 1.807) is 30.3 Å². The Morgan fingerprint density at radius 3 is 2.64 bits per heavy atom. The molecule has 22 heavy (non-hydrogen) atoms. The van der Waals surface area contributed by atoms with Gasteiger partial charge in [0.1, 0.15) is 18.5 Å². The van der Waals surface area contributed by atoms with Crippen LogP contribution in [0.2, 0.25) is 0 Å². The third kappa shape index (κ3) is 3.12. The Morgan fingerprint density at radius 2 is 2.00 bits per heavy atom. The van der Waals surface area contributed by atoms with Crippen LogP contribution in [-0.2, 0) is 4.74 Å². The highest BCUT2D eigenvalue weighted by Gasteiger charge is 2.25. The SMILES string of the molecule is O=C(c1ccccc1)c1cc([N+](=O)[O-])ccc1OCC1CO1. The summed E-state index contributed by atoms with van der Waals surface area (Å²) in [6.45, 7) is 0.960. The third-order valence-corrected chi connectivity index (χ3v) is 3.28. The average molecular weight is 299 g/mol. The Kier molecular flexibility index (Phi) is 3.84. The zero-order valence-electron chi connectivity index (χ0n) is 11.6. The largest absolute Gasteiger partial charge is 0.490 e. The molecule has 112 valence electrons. The van der Waals surface area contributed by atoms with Gasteiger partial charge in [-0.1, -0.05) is 30.3 Å². The number of nitro benzene ring substituents is 1. The van der Waals surface area contributed by atoms with Gasteiger partial charge in [-0.05, 0) is 6.07 Å². The van der Waals surface area contributed by atoms with Gasteiger partial charge in [0.15, 0.2) is 5.78 Å². The molecule has 1 fully saturated rings. The van der Waals surface area contributed by atoms with Crippen molar-refractivity contribution in [3.8, 4) is 5.75 Å². The highest BCUT2D eigenvalue weighted by atomic mass is 16.6. The predicted octanol–water partition coefficient (Wildman–Crippen LogP) is 2.60. The Hall–Kier alpha value is -2.73. The van der Waals surface area contributed by atoms with Crippen molar-refractivity contribution >= 4 is 11.5 Å². The predicted molar refractivity (Wildman–Crippen MR) is 78.2 cm³/mol. The monoisotopic (exact) mass is 299 g/mol. The van der Waals surface area contributed by atoms with Crippen molar-refractivity contribution in [2.45, 2.75) is 6.10 Å². The first-order valence-corrected chi connectivity index (χ1v) is 6.78. The molecule has 3 rings (SSSR count). The van der Waals surface area contributed by atoms with Crippen molar-refractivity contribution in [3.05, 3.63) is 69.8 Å². The van der Waals surface area contributed by atoms with Crippen molar-refractivity contribution in [1.29, 1.82) is 0 Å². The number of epoxide rings is 1. The zero-order chi connectivity index (χ0) is 15.5. The summed E-state index contributed by atoms with van der Waals surface area (Å²) in [6, 6.07) is 12.6. The molecule has 0 saturated carbocycles. The number of nitro groups is 1. The van der Waals surface area contributed by atoms with Gasteiger partial charge in [0, 0.05) is 17.7 Å². The molecule has 1 aliphatic rings. The van der Waals surface area contributed by atoms with Crippen molar-refractivity contribution < 1.29 is 19.2 Å². The zero-order valence-corrected chi connectivity index (χ0v) is 11.6. The highest BCUT2D eigenvalue weighted by molar-refractivity contribution is 6.11. The molecule has 0 aliphatic carbocycles. The molecule has 2 aromatic rings. The van der Waals surface area contributed by atoms with Crippen LogP contribution in [-0.4, -0.2) is 30.0 Å². The van der Waals surface area contributed by atoms with Gasteiger partial charge in [-0.25, -0.2) is 0 Å². The summed E-state index contributed by atoms with van der Waals surface area (Å²) in [6.07, 6.45) is 0.0369. The number of carbonyl (C=O) groups excluding carboxylic acids is 1. The maximum Gasteiger partial charge on any atom is 0.270 e. The first kappa shape index (κ1) is 14.2. The minimum atomic E-state index is -0.532. The van der Waals surface area contributed by atoms with E-state index in [9.17, 15) is 14.9 Å². The fraction of sp³-hybridized carbons (Fsp3) is 0.188. The number of benzene rings is 2. The van der Waals surface area contributed by atoms with Crippen LogP contribution in [0, 0.1) is 10.1 Å². The van der Waals surface area contributed by atoms with Gasteiger partial charge >= 0.3 is 0 Å². The van der Waals surface area contributed by atoms with Gasteiger partial charge in [0.2, 0.25) is 0 Å². The molecule has 6 nitrogen and oxygen atoms in total. The topological polar surface area (TPSA) is 82.0 Å². The van der Waals surface area contributed by atoms with Crippen LogP contribution in [0.4, 0.5) is 5.69 Å². The van der Waals surface area contributed by atoms with Gasteiger partial charge in [0.25, 0.3) is 5.69 Å². The van der Waals surface area contributed by atoms with Crippen LogP contribution < -0.4 is 4.74 Å². The van der Waals surface area contributed by atoms with E-state index in [0.717, 1.165) is 0 Å². The highest BCUT2D eigenvalue weighted by Crippen LogP contribution is 2.27. The molecule has 0 N–H and O–H groups in total. The number of ketones is 1. The molecule has 1 unspecified atom stereocenters. The van der Waals surface area contributed by atoms with Crippen molar-refractivity contribution in [3.63, 3.8) is 0 Å². The normalized spacial score (nSPS) is 16.1. The fourth-order valence-corrected chi connectivity index (χ4v) is 2.03. The lowest BCUT2D eigenvalue weighted by molar-refractivity contribution is -0.384. The minimum absolute atomic E-state index is 0.0369. The number of nitrogens with zero attached hydrogens (tertiary/aromatic N) is 1. The molecule has 0 bridgehead atoms. The van der Waals surface area contributed by atoms with E-state index in [2.05, 4.69) is 0 Å². The number of non-ortho nitro benzene ring substituents is 1. The van der Waals surface area contributed by atoms with Crippen molar-refractivity contribution in [2.24, 2.45) is 0 Å².